The second kappa shape index (κ2) is 10.5. The van der Waals surface area contributed by atoms with Crippen LogP contribution in [0.3, 0.4) is 0 Å². The summed E-state index contributed by atoms with van der Waals surface area (Å²) >= 11 is 0. The minimum absolute atomic E-state index is 0.0522. The molecule has 1 spiro atoms. The van der Waals surface area contributed by atoms with Gasteiger partial charge < -0.3 is 19.4 Å². The van der Waals surface area contributed by atoms with E-state index in [0.717, 1.165) is 51.7 Å². The van der Waals surface area contributed by atoms with E-state index in [0.29, 0.717) is 18.6 Å². The lowest BCUT2D eigenvalue weighted by Gasteiger charge is -2.37. The van der Waals surface area contributed by atoms with Crippen LogP contribution in [-0.4, -0.2) is 71.7 Å². The monoisotopic (exact) mass is 427 g/mol. The van der Waals surface area contributed by atoms with E-state index in [1.54, 1.807) is 7.11 Å². The highest BCUT2D eigenvalue weighted by Crippen LogP contribution is 2.44. The number of carbonyl (C=O) groups excluding carboxylic acids is 1. The smallest absolute Gasteiger partial charge is 0.320 e. The second-order valence-corrected chi connectivity index (χ2v) is 9.82. The van der Waals surface area contributed by atoms with Gasteiger partial charge in [-0.05, 0) is 63.6 Å². The van der Waals surface area contributed by atoms with Gasteiger partial charge in [-0.3, -0.25) is 0 Å². The molecule has 1 aromatic carbocycles. The fraction of sp³-hybridized carbons (Fsp3) is 0.654. The van der Waals surface area contributed by atoms with Crippen molar-refractivity contribution in [1.29, 1.82) is 0 Å². The molecule has 2 aliphatic rings. The third-order valence-corrected chi connectivity index (χ3v) is 6.96. The Kier molecular flexibility index (Phi) is 8.04. The first-order valence-corrected chi connectivity index (χ1v) is 11.9. The fourth-order valence-electron chi connectivity index (χ4n) is 5.74. The van der Waals surface area contributed by atoms with Crippen LogP contribution >= 0.6 is 0 Å². The molecule has 0 radical (unpaired) electrons. The minimum atomic E-state index is -0.0522. The normalized spacial score (nSPS) is 24.4. The molecule has 2 fully saturated rings. The molecule has 1 heterocycles. The van der Waals surface area contributed by atoms with E-state index in [-0.39, 0.29) is 17.6 Å². The van der Waals surface area contributed by atoms with Gasteiger partial charge in [-0.15, -0.1) is 0 Å². The Morgan fingerprint density at radius 2 is 2.03 bits per heavy atom. The molecule has 0 N–H and O–H groups in total. The standard InChI is InChI=1S/C26H41N3O2/c1-6-27(16-10-13-23-11-8-7-9-12-23)24-14-15-26(17-24)20-28(18-22(4)19-31-5)25(30)29(26)21(2)3/h6-9,11-12,21-22,24H,1,10,13-20H2,2-5H3. The molecule has 1 saturated carbocycles. The first-order valence-electron chi connectivity index (χ1n) is 11.9. The van der Waals surface area contributed by atoms with Crippen molar-refractivity contribution >= 4 is 6.03 Å². The van der Waals surface area contributed by atoms with Gasteiger partial charge in [-0.25, -0.2) is 4.79 Å². The van der Waals surface area contributed by atoms with Crippen LogP contribution < -0.4 is 0 Å². The quantitative estimate of drug-likeness (QED) is 0.510. The molecule has 172 valence electrons. The predicted molar refractivity (Wildman–Crippen MR) is 127 cm³/mol. The molecule has 5 nitrogen and oxygen atoms in total. The van der Waals surface area contributed by atoms with Gasteiger partial charge in [0.25, 0.3) is 0 Å². The van der Waals surface area contributed by atoms with Gasteiger partial charge in [0.2, 0.25) is 0 Å². The summed E-state index contributed by atoms with van der Waals surface area (Å²) in [4.78, 5) is 20.0. The molecule has 3 rings (SSSR count). The summed E-state index contributed by atoms with van der Waals surface area (Å²) in [5.41, 5.74) is 1.34. The first kappa shape index (κ1) is 23.6. The van der Waals surface area contributed by atoms with Crippen LogP contribution in [0.5, 0.6) is 0 Å². The van der Waals surface area contributed by atoms with Gasteiger partial charge in [0.1, 0.15) is 0 Å². The van der Waals surface area contributed by atoms with Crippen molar-refractivity contribution < 1.29 is 9.53 Å². The third kappa shape index (κ3) is 5.43. The molecule has 0 bridgehead atoms. The summed E-state index contributed by atoms with van der Waals surface area (Å²) in [7, 11) is 1.73. The molecule has 1 saturated heterocycles. The van der Waals surface area contributed by atoms with Crippen molar-refractivity contribution in [2.24, 2.45) is 5.92 Å². The lowest BCUT2D eigenvalue weighted by atomic mass is 9.94. The Labute approximate surface area is 189 Å². The molecule has 1 aliphatic carbocycles. The number of amides is 2. The largest absolute Gasteiger partial charge is 0.384 e. The molecular formula is C26H41N3O2. The van der Waals surface area contributed by atoms with E-state index in [1.807, 2.05) is 6.20 Å². The number of benzene rings is 1. The van der Waals surface area contributed by atoms with Crippen molar-refractivity contribution in [2.75, 3.05) is 33.4 Å². The van der Waals surface area contributed by atoms with Crippen molar-refractivity contribution in [3.63, 3.8) is 0 Å². The maximum atomic E-state index is 13.3. The van der Waals surface area contributed by atoms with Gasteiger partial charge in [0.15, 0.2) is 0 Å². The Bertz CT molecular complexity index is 723. The average molecular weight is 428 g/mol. The van der Waals surface area contributed by atoms with Crippen LogP contribution in [0.15, 0.2) is 43.1 Å². The molecule has 31 heavy (non-hydrogen) atoms. The summed E-state index contributed by atoms with van der Waals surface area (Å²) in [5.74, 6) is 0.345. The number of nitrogens with zero attached hydrogens (tertiary/aromatic N) is 3. The van der Waals surface area contributed by atoms with Crippen LogP contribution in [0.4, 0.5) is 4.79 Å². The van der Waals surface area contributed by atoms with E-state index in [1.165, 1.54) is 5.56 Å². The second-order valence-electron chi connectivity index (χ2n) is 9.82. The minimum Gasteiger partial charge on any atom is -0.384 e. The SMILES string of the molecule is C=CN(CCCc1ccccc1)C1CCC2(C1)CN(CC(C)COC)C(=O)N2C(C)C. The summed E-state index contributed by atoms with van der Waals surface area (Å²) in [6.45, 7) is 13.9. The van der Waals surface area contributed by atoms with Crippen molar-refractivity contribution in [3.8, 4) is 0 Å². The number of aryl methyl sites for hydroxylation is 1. The molecular weight excluding hydrogens is 386 g/mol. The highest BCUT2D eigenvalue weighted by atomic mass is 16.5. The van der Waals surface area contributed by atoms with E-state index >= 15 is 0 Å². The van der Waals surface area contributed by atoms with E-state index in [4.69, 9.17) is 4.74 Å². The van der Waals surface area contributed by atoms with Gasteiger partial charge in [-0.1, -0.05) is 43.8 Å². The van der Waals surface area contributed by atoms with Crippen LogP contribution in [0.2, 0.25) is 0 Å². The molecule has 0 aromatic heterocycles. The summed E-state index contributed by atoms with van der Waals surface area (Å²) < 4.78 is 5.30. The predicted octanol–water partition coefficient (Wildman–Crippen LogP) is 4.78. The molecule has 1 aromatic rings. The zero-order valence-electron chi connectivity index (χ0n) is 19.9. The number of hydrogen-bond donors (Lipinski definition) is 0. The van der Waals surface area contributed by atoms with Crippen LogP contribution in [0.1, 0.15) is 52.0 Å². The van der Waals surface area contributed by atoms with Crippen molar-refractivity contribution in [3.05, 3.63) is 48.7 Å². The van der Waals surface area contributed by atoms with Gasteiger partial charge >= 0.3 is 6.03 Å². The summed E-state index contributed by atoms with van der Waals surface area (Å²) in [6.07, 6.45) is 7.44. The Hall–Kier alpha value is -2.01. The number of urea groups is 1. The number of hydrogen-bond acceptors (Lipinski definition) is 3. The Balaban J connectivity index is 1.63. The maximum absolute atomic E-state index is 13.3. The highest BCUT2D eigenvalue weighted by molar-refractivity contribution is 5.78. The lowest BCUT2D eigenvalue weighted by molar-refractivity contribution is 0.124. The zero-order chi connectivity index (χ0) is 22.4. The molecule has 2 amide bonds. The Morgan fingerprint density at radius 3 is 2.68 bits per heavy atom. The molecule has 1 aliphatic heterocycles. The summed E-state index contributed by atoms with van der Waals surface area (Å²) in [5, 5.41) is 0. The summed E-state index contributed by atoms with van der Waals surface area (Å²) in [6, 6.07) is 11.6. The lowest BCUT2D eigenvalue weighted by Crippen LogP contribution is -2.50. The van der Waals surface area contributed by atoms with Crippen LogP contribution in [-0.2, 0) is 11.2 Å². The third-order valence-electron chi connectivity index (χ3n) is 6.96. The zero-order valence-corrected chi connectivity index (χ0v) is 19.9. The number of ether oxygens (including phenoxy) is 1. The van der Waals surface area contributed by atoms with E-state index in [9.17, 15) is 4.79 Å². The number of rotatable bonds is 11. The van der Waals surface area contributed by atoms with Gasteiger partial charge in [0, 0.05) is 38.8 Å². The maximum Gasteiger partial charge on any atom is 0.320 e. The highest BCUT2D eigenvalue weighted by Gasteiger charge is 2.54. The average Bonchev–Trinajstić information content (AvgIpc) is 3.27. The Morgan fingerprint density at radius 1 is 1.29 bits per heavy atom. The van der Waals surface area contributed by atoms with E-state index in [2.05, 4.69) is 72.4 Å². The van der Waals surface area contributed by atoms with Crippen molar-refractivity contribution in [2.45, 2.75) is 70.5 Å². The first-order chi connectivity index (χ1) is 14.9. The van der Waals surface area contributed by atoms with Crippen molar-refractivity contribution in [1.82, 2.24) is 14.7 Å². The van der Waals surface area contributed by atoms with E-state index < -0.39 is 0 Å². The van der Waals surface area contributed by atoms with Crippen LogP contribution in [0.25, 0.3) is 0 Å². The molecule has 3 unspecified atom stereocenters. The van der Waals surface area contributed by atoms with Gasteiger partial charge in [-0.2, -0.15) is 0 Å². The van der Waals surface area contributed by atoms with Crippen LogP contribution in [0, 0.1) is 5.92 Å². The number of methoxy groups -OCH3 is 1. The number of carbonyl (C=O) groups is 1. The molecule has 5 heteroatoms. The molecule has 3 atom stereocenters. The fourth-order valence-corrected chi connectivity index (χ4v) is 5.74. The topological polar surface area (TPSA) is 36.0 Å². The van der Waals surface area contributed by atoms with Gasteiger partial charge in [0.05, 0.1) is 12.1 Å².